The summed E-state index contributed by atoms with van der Waals surface area (Å²) in [4.78, 5) is 4.91. The molecule has 5 aromatic rings. The van der Waals surface area contributed by atoms with Gasteiger partial charge in [-0.05, 0) is 55.5 Å². The monoisotopic (exact) mass is 443 g/mol. The van der Waals surface area contributed by atoms with Crippen LogP contribution in [0.3, 0.4) is 0 Å². The maximum absolute atomic E-state index is 4.91. The van der Waals surface area contributed by atoms with Crippen molar-refractivity contribution in [1.29, 1.82) is 0 Å². The fourth-order valence-corrected chi connectivity index (χ4v) is 8.17. The molecule has 3 nitrogen and oxygen atoms in total. The summed E-state index contributed by atoms with van der Waals surface area (Å²) in [6.45, 7) is 2.07. The average molecular weight is 444 g/mol. The van der Waals surface area contributed by atoms with Gasteiger partial charge in [-0.15, -0.1) is 5.10 Å². The standard InChI is InChI=1S/C26H23N3P.ClH/c1-21-12-11-19-26-27-25(28-29(21)26)20-30(22-13-5-2-6-14-22,23-15-7-3-8-16-23)24-17-9-4-10-18-24;/h2-19H,20H2,1H3;1H/q+1;/p-1. The largest absolute Gasteiger partial charge is 1.00 e. The Morgan fingerprint density at radius 2 is 1.13 bits per heavy atom. The molecule has 0 aliphatic rings. The highest BCUT2D eigenvalue weighted by atomic mass is 35.5. The van der Waals surface area contributed by atoms with Crippen molar-refractivity contribution < 1.29 is 12.4 Å². The van der Waals surface area contributed by atoms with Crippen LogP contribution in [0.5, 0.6) is 0 Å². The van der Waals surface area contributed by atoms with Gasteiger partial charge in [-0.1, -0.05) is 60.7 Å². The van der Waals surface area contributed by atoms with E-state index in [0.29, 0.717) is 0 Å². The second-order valence-electron chi connectivity index (χ2n) is 7.44. The lowest BCUT2D eigenvalue weighted by molar-refractivity contribution is -0.00000614. The predicted molar refractivity (Wildman–Crippen MR) is 127 cm³/mol. The molecule has 2 aromatic heterocycles. The van der Waals surface area contributed by atoms with Gasteiger partial charge in [0, 0.05) is 5.69 Å². The van der Waals surface area contributed by atoms with Crippen molar-refractivity contribution in [2.75, 3.05) is 0 Å². The van der Waals surface area contributed by atoms with Gasteiger partial charge in [0.2, 0.25) is 0 Å². The third-order valence-electron chi connectivity index (χ3n) is 5.56. The van der Waals surface area contributed by atoms with Gasteiger partial charge in [-0.3, -0.25) is 0 Å². The molecule has 0 N–H and O–H groups in total. The molecule has 2 heterocycles. The van der Waals surface area contributed by atoms with Gasteiger partial charge in [0.1, 0.15) is 29.3 Å². The van der Waals surface area contributed by atoms with Gasteiger partial charge in [0.05, 0.1) is 0 Å². The Bertz CT molecular complexity index is 1170. The van der Waals surface area contributed by atoms with Crippen molar-refractivity contribution in [3.63, 3.8) is 0 Å². The molecular formula is C26H23ClN3P. The summed E-state index contributed by atoms with van der Waals surface area (Å²) in [5, 5.41) is 8.94. The average Bonchev–Trinajstić information content (AvgIpc) is 3.23. The van der Waals surface area contributed by atoms with E-state index >= 15 is 0 Å². The number of aromatic nitrogens is 3. The molecule has 5 rings (SSSR count). The summed E-state index contributed by atoms with van der Waals surface area (Å²) in [7, 11) is -1.98. The molecule has 0 unspecified atom stereocenters. The minimum Gasteiger partial charge on any atom is -1.00 e. The lowest BCUT2D eigenvalue weighted by Crippen LogP contribution is -3.00. The predicted octanol–water partition coefficient (Wildman–Crippen LogP) is 1.54. The molecule has 0 saturated heterocycles. The van der Waals surface area contributed by atoms with Gasteiger partial charge < -0.3 is 12.4 Å². The van der Waals surface area contributed by atoms with Crippen molar-refractivity contribution in [3.8, 4) is 0 Å². The van der Waals surface area contributed by atoms with E-state index in [2.05, 4.69) is 104 Å². The summed E-state index contributed by atoms with van der Waals surface area (Å²) < 4.78 is 1.95. The van der Waals surface area contributed by atoms with Gasteiger partial charge in [0.15, 0.2) is 11.5 Å². The number of rotatable bonds is 5. The highest BCUT2D eigenvalue weighted by molar-refractivity contribution is 7.95. The van der Waals surface area contributed by atoms with E-state index in [4.69, 9.17) is 10.1 Å². The third kappa shape index (κ3) is 3.87. The first-order chi connectivity index (χ1) is 14.8. The zero-order valence-corrected chi connectivity index (χ0v) is 18.9. The molecule has 0 fully saturated rings. The van der Waals surface area contributed by atoms with Crippen molar-refractivity contribution in [2.24, 2.45) is 0 Å². The molecule has 0 bridgehead atoms. The van der Waals surface area contributed by atoms with Crippen molar-refractivity contribution in [1.82, 2.24) is 14.6 Å². The number of halogens is 1. The molecule has 0 radical (unpaired) electrons. The molecule has 0 aliphatic carbocycles. The second kappa shape index (κ2) is 9.01. The molecule has 0 amide bonds. The molecule has 154 valence electrons. The smallest absolute Gasteiger partial charge is 0.190 e. The number of hydrogen-bond acceptors (Lipinski definition) is 2. The molecule has 0 aliphatic heterocycles. The lowest BCUT2D eigenvalue weighted by atomic mass is 10.4. The highest BCUT2D eigenvalue weighted by Gasteiger charge is 2.46. The van der Waals surface area contributed by atoms with E-state index < -0.39 is 7.26 Å². The van der Waals surface area contributed by atoms with Crippen molar-refractivity contribution in [2.45, 2.75) is 13.1 Å². The Balaban J connectivity index is 0.00000231. The van der Waals surface area contributed by atoms with Gasteiger partial charge in [0.25, 0.3) is 0 Å². The Morgan fingerprint density at radius 1 is 0.645 bits per heavy atom. The Hall–Kier alpha value is -3.00. The van der Waals surface area contributed by atoms with Crippen molar-refractivity contribution >= 4 is 28.8 Å². The molecule has 31 heavy (non-hydrogen) atoms. The Morgan fingerprint density at radius 3 is 1.58 bits per heavy atom. The van der Waals surface area contributed by atoms with E-state index in [9.17, 15) is 0 Å². The summed E-state index contributed by atoms with van der Waals surface area (Å²) >= 11 is 0. The summed E-state index contributed by atoms with van der Waals surface area (Å²) in [6, 6.07) is 38.8. The minimum atomic E-state index is -1.98. The highest BCUT2D eigenvalue weighted by Crippen LogP contribution is 2.57. The number of pyridine rings is 1. The van der Waals surface area contributed by atoms with E-state index in [1.165, 1.54) is 15.9 Å². The van der Waals surface area contributed by atoms with Crippen LogP contribution < -0.4 is 28.3 Å². The second-order valence-corrected chi connectivity index (χ2v) is 10.9. The normalized spacial score (nSPS) is 11.3. The number of aryl methyl sites for hydroxylation is 1. The van der Waals surface area contributed by atoms with Crippen LogP contribution in [0, 0.1) is 6.92 Å². The van der Waals surface area contributed by atoms with E-state index in [1.807, 2.05) is 16.6 Å². The zero-order chi connectivity index (χ0) is 20.4. The quantitative estimate of drug-likeness (QED) is 0.386. The van der Waals surface area contributed by atoms with E-state index in [-0.39, 0.29) is 12.4 Å². The van der Waals surface area contributed by atoms with E-state index in [1.54, 1.807) is 0 Å². The first kappa shape index (κ1) is 21.2. The van der Waals surface area contributed by atoms with Gasteiger partial charge >= 0.3 is 0 Å². The lowest BCUT2D eigenvalue weighted by Gasteiger charge is -2.26. The summed E-state index contributed by atoms with van der Waals surface area (Å²) in [5.74, 6) is 0.884. The maximum Gasteiger partial charge on any atom is 0.190 e. The number of nitrogens with zero attached hydrogens (tertiary/aromatic N) is 3. The molecule has 3 aromatic carbocycles. The molecule has 0 saturated carbocycles. The Labute approximate surface area is 189 Å². The number of fused-ring (bicyclic) bond motifs is 1. The molecule has 0 atom stereocenters. The van der Waals surface area contributed by atoms with Crippen LogP contribution in [-0.2, 0) is 6.16 Å². The maximum atomic E-state index is 4.91. The number of hydrogen-bond donors (Lipinski definition) is 0. The molecule has 5 heteroatoms. The van der Waals surface area contributed by atoms with Gasteiger partial charge in [-0.25, -0.2) is 9.50 Å². The van der Waals surface area contributed by atoms with Crippen LogP contribution in [0.2, 0.25) is 0 Å². The van der Waals surface area contributed by atoms with Gasteiger partial charge in [-0.2, -0.15) is 0 Å². The van der Waals surface area contributed by atoms with Crippen LogP contribution in [0.25, 0.3) is 5.65 Å². The first-order valence-corrected chi connectivity index (χ1v) is 12.1. The SMILES string of the molecule is Cc1cccc2nc(C[P+](c3ccccc3)(c3ccccc3)c3ccccc3)nn12.[Cl-]. The molecular weight excluding hydrogens is 421 g/mol. The molecule has 0 spiro atoms. The number of benzene rings is 3. The van der Waals surface area contributed by atoms with Crippen LogP contribution >= 0.6 is 7.26 Å². The van der Waals surface area contributed by atoms with Crippen LogP contribution in [0.15, 0.2) is 109 Å². The Kier molecular flexibility index (Phi) is 6.18. The third-order valence-corrected chi connectivity index (χ3v) is 9.86. The van der Waals surface area contributed by atoms with Crippen LogP contribution in [0.4, 0.5) is 0 Å². The van der Waals surface area contributed by atoms with Crippen molar-refractivity contribution in [3.05, 3.63) is 121 Å². The zero-order valence-electron chi connectivity index (χ0n) is 17.3. The minimum absolute atomic E-state index is 0. The summed E-state index contributed by atoms with van der Waals surface area (Å²) in [6.07, 6.45) is 0.784. The fraction of sp³-hybridized carbons (Fsp3) is 0.0769. The first-order valence-electron chi connectivity index (χ1n) is 10.1. The van der Waals surface area contributed by atoms with Crippen LogP contribution in [-0.4, -0.2) is 14.6 Å². The fourth-order valence-electron chi connectivity index (χ4n) is 4.13. The topological polar surface area (TPSA) is 30.2 Å². The van der Waals surface area contributed by atoms with E-state index in [0.717, 1.165) is 23.3 Å². The van der Waals surface area contributed by atoms with Crippen LogP contribution in [0.1, 0.15) is 11.5 Å². The summed E-state index contributed by atoms with van der Waals surface area (Å²) in [5.41, 5.74) is 1.99.